The number of nitrogens with one attached hydrogen (secondary N) is 1. The van der Waals surface area contributed by atoms with Crippen LogP contribution in [0.2, 0.25) is 0 Å². The zero-order chi connectivity index (χ0) is 12.7. The van der Waals surface area contributed by atoms with E-state index in [1.54, 1.807) is 6.92 Å². The minimum absolute atomic E-state index is 0.707. The second-order valence-electron chi connectivity index (χ2n) is 5.05. The molecule has 2 N–H and O–H groups in total. The van der Waals surface area contributed by atoms with Gasteiger partial charge in [-0.2, -0.15) is 11.8 Å². The van der Waals surface area contributed by atoms with Crippen LogP contribution in [0.1, 0.15) is 52.4 Å². The number of carboxylic acids is 1. The zero-order valence-electron chi connectivity index (χ0n) is 11.0. The third-order valence-electron chi connectivity index (χ3n) is 3.52. The molecule has 0 spiro atoms. The summed E-state index contributed by atoms with van der Waals surface area (Å²) in [5, 5.41) is 13.1. The van der Waals surface area contributed by atoms with Gasteiger partial charge in [0.15, 0.2) is 0 Å². The Morgan fingerprint density at radius 3 is 2.65 bits per heavy atom. The Hall–Kier alpha value is -0.220. The lowest BCUT2D eigenvalue weighted by atomic mass is 9.96. The third-order valence-corrected chi connectivity index (χ3v) is 4.98. The molecule has 0 aromatic heterocycles. The highest BCUT2D eigenvalue weighted by Crippen LogP contribution is 2.30. The molecule has 0 heterocycles. The molecule has 1 atom stereocenters. The van der Waals surface area contributed by atoms with Gasteiger partial charge in [0, 0.05) is 5.25 Å². The fourth-order valence-corrected chi connectivity index (χ4v) is 3.70. The highest BCUT2D eigenvalue weighted by Gasteiger charge is 2.31. The number of hydrogen-bond donors (Lipinski definition) is 2. The fourth-order valence-electron chi connectivity index (χ4n) is 2.39. The standard InChI is InChI=1S/C13H25NO2S/c1-3-14-13(2,12(15)16)9-6-10-17-11-7-4-5-8-11/h11,14H,3-10H2,1-2H3,(H,15,16). The molecule has 0 saturated heterocycles. The molecule has 1 saturated carbocycles. The monoisotopic (exact) mass is 259 g/mol. The van der Waals surface area contributed by atoms with E-state index < -0.39 is 11.5 Å². The van der Waals surface area contributed by atoms with Crippen LogP contribution in [0.15, 0.2) is 0 Å². The first-order chi connectivity index (χ1) is 8.08. The predicted octanol–water partition coefficient (Wildman–Crippen LogP) is 2.90. The van der Waals surface area contributed by atoms with Crippen LogP contribution in [0.25, 0.3) is 0 Å². The molecule has 0 bridgehead atoms. The minimum atomic E-state index is -0.745. The Kier molecular flexibility index (Phi) is 6.34. The summed E-state index contributed by atoms with van der Waals surface area (Å²) in [7, 11) is 0. The number of carbonyl (C=O) groups is 1. The van der Waals surface area contributed by atoms with Gasteiger partial charge in [0.1, 0.15) is 5.54 Å². The van der Waals surface area contributed by atoms with Crippen LogP contribution in [0.4, 0.5) is 0 Å². The van der Waals surface area contributed by atoms with Crippen molar-refractivity contribution < 1.29 is 9.90 Å². The van der Waals surface area contributed by atoms with E-state index in [0.717, 1.165) is 23.8 Å². The maximum Gasteiger partial charge on any atom is 0.323 e. The number of rotatable bonds is 8. The summed E-state index contributed by atoms with van der Waals surface area (Å²) in [6, 6.07) is 0. The molecule has 17 heavy (non-hydrogen) atoms. The summed E-state index contributed by atoms with van der Waals surface area (Å²) in [4.78, 5) is 11.2. The average Bonchev–Trinajstić information content (AvgIpc) is 2.77. The van der Waals surface area contributed by atoms with E-state index in [1.165, 1.54) is 25.7 Å². The van der Waals surface area contributed by atoms with E-state index in [0.29, 0.717) is 6.54 Å². The second kappa shape index (κ2) is 7.27. The molecule has 1 aliphatic carbocycles. The van der Waals surface area contributed by atoms with Crippen molar-refractivity contribution in [2.24, 2.45) is 0 Å². The average molecular weight is 259 g/mol. The second-order valence-corrected chi connectivity index (χ2v) is 6.46. The van der Waals surface area contributed by atoms with E-state index in [4.69, 9.17) is 0 Å². The van der Waals surface area contributed by atoms with Gasteiger partial charge >= 0.3 is 5.97 Å². The zero-order valence-corrected chi connectivity index (χ0v) is 11.8. The first-order valence-corrected chi connectivity index (χ1v) is 7.73. The molecule has 1 aliphatic rings. The normalized spacial score (nSPS) is 20.4. The van der Waals surface area contributed by atoms with Gasteiger partial charge in [-0.1, -0.05) is 19.8 Å². The maximum absolute atomic E-state index is 11.2. The van der Waals surface area contributed by atoms with Crippen LogP contribution >= 0.6 is 11.8 Å². The van der Waals surface area contributed by atoms with E-state index in [9.17, 15) is 9.90 Å². The number of carboxylic acid groups (broad SMARTS) is 1. The molecule has 0 aliphatic heterocycles. The summed E-state index contributed by atoms with van der Waals surface area (Å²) in [5.74, 6) is 0.365. The fraction of sp³-hybridized carbons (Fsp3) is 0.923. The number of hydrogen-bond acceptors (Lipinski definition) is 3. The molecule has 0 amide bonds. The van der Waals surface area contributed by atoms with Crippen molar-refractivity contribution >= 4 is 17.7 Å². The lowest BCUT2D eigenvalue weighted by Crippen LogP contribution is -2.49. The smallest absolute Gasteiger partial charge is 0.323 e. The van der Waals surface area contributed by atoms with Crippen LogP contribution in [0, 0.1) is 0 Å². The van der Waals surface area contributed by atoms with Crippen molar-refractivity contribution in [2.45, 2.75) is 63.2 Å². The van der Waals surface area contributed by atoms with E-state index in [2.05, 4.69) is 5.32 Å². The molecule has 100 valence electrons. The molecule has 0 radical (unpaired) electrons. The molecule has 1 rings (SSSR count). The SMILES string of the molecule is CCNC(C)(CCCSC1CCCC1)C(=O)O. The summed E-state index contributed by atoms with van der Waals surface area (Å²) >= 11 is 2.03. The van der Waals surface area contributed by atoms with E-state index in [1.807, 2.05) is 18.7 Å². The van der Waals surface area contributed by atoms with Crippen molar-refractivity contribution in [3.8, 4) is 0 Å². The lowest BCUT2D eigenvalue weighted by molar-refractivity contribution is -0.144. The van der Waals surface area contributed by atoms with Crippen molar-refractivity contribution in [1.29, 1.82) is 0 Å². The van der Waals surface area contributed by atoms with Gasteiger partial charge in [-0.05, 0) is 44.9 Å². The van der Waals surface area contributed by atoms with Crippen LogP contribution in [0.5, 0.6) is 0 Å². The van der Waals surface area contributed by atoms with Crippen molar-refractivity contribution in [2.75, 3.05) is 12.3 Å². The van der Waals surface area contributed by atoms with Crippen molar-refractivity contribution in [3.05, 3.63) is 0 Å². The van der Waals surface area contributed by atoms with Crippen LogP contribution in [-0.4, -0.2) is 34.2 Å². The number of aliphatic carboxylic acids is 1. The quantitative estimate of drug-likeness (QED) is 0.658. The van der Waals surface area contributed by atoms with Gasteiger partial charge in [0.25, 0.3) is 0 Å². The summed E-state index contributed by atoms with van der Waals surface area (Å²) < 4.78 is 0. The van der Waals surface area contributed by atoms with Gasteiger partial charge < -0.3 is 10.4 Å². The Bertz CT molecular complexity index is 242. The minimum Gasteiger partial charge on any atom is -0.480 e. The topological polar surface area (TPSA) is 49.3 Å². The van der Waals surface area contributed by atoms with Gasteiger partial charge in [0.2, 0.25) is 0 Å². The van der Waals surface area contributed by atoms with Gasteiger partial charge in [-0.15, -0.1) is 0 Å². The molecule has 4 heteroatoms. The summed E-state index contributed by atoms with van der Waals surface area (Å²) in [6.07, 6.45) is 7.17. The van der Waals surface area contributed by atoms with Crippen LogP contribution in [-0.2, 0) is 4.79 Å². The summed E-state index contributed by atoms with van der Waals surface area (Å²) in [6.45, 7) is 4.45. The maximum atomic E-state index is 11.2. The van der Waals surface area contributed by atoms with Crippen LogP contribution < -0.4 is 5.32 Å². The first-order valence-electron chi connectivity index (χ1n) is 6.68. The first kappa shape index (κ1) is 14.8. The number of thioether (sulfide) groups is 1. The van der Waals surface area contributed by atoms with Crippen molar-refractivity contribution in [3.63, 3.8) is 0 Å². The largest absolute Gasteiger partial charge is 0.480 e. The highest BCUT2D eigenvalue weighted by molar-refractivity contribution is 7.99. The highest BCUT2D eigenvalue weighted by atomic mass is 32.2. The Labute approximate surface area is 109 Å². The number of likely N-dealkylation sites (N-methyl/N-ethyl adjacent to an activating group) is 1. The van der Waals surface area contributed by atoms with E-state index in [-0.39, 0.29) is 0 Å². The molecule has 0 aromatic rings. The Morgan fingerprint density at radius 2 is 2.12 bits per heavy atom. The molecule has 1 fully saturated rings. The molecular formula is C13H25NO2S. The molecule has 1 unspecified atom stereocenters. The third kappa shape index (κ3) is 4.88. The van der Waals surface area contributed by atoms with Gasteiger partial charge in [0.05, 0.1) is 0 Å². The molecule has 0 aromatic carbocycles. The van der Waals surface area contributed by atoms with Crippen LogP contribution in [0.3, 0.4) is 0 Å². The summed E-state index contributed by atoms with van der Waals surface area (Å²) in [5.41, 5.74) is -0.745. The van der Waals surface area contributed by atoms with Crippen molar-refractivity contribution in [1.82, 2.24) is 5.32 Å². The Balaban J connectivity index is 2.20. The molecule has 3 nitrogen and oxygen atoms in total. The van der Waals surface area contributed by atoms with Gasteiger partial charge in [-0.3, -0.25) is 4.79 Å². The lowest BCUT2D eigenvalue weighted by Gasteiger charge is -2.25. The Morgan fingerprint density at radius 1 is 1.47 bits per heavy atom. The van der Waals surface area contributed by atoms with Gasteiger partial charge in [-0.25, -0.2) is 0 Å². The van der Waals surface area contributed by atoms with E-state index >= 15 is 0 Å². The predicted molar refractivity (Wildman–Crippen MR) is 73.7 cm³/mol. The molecular weight excluding hydrogens is 234 g/mol.